The van der Waals surface area contributed by atoms with E-state index < -0.39 is 0 Å². The van der Waals surface area contributed by atoms with Crippen molar-refractivity contribution in [1.82, 2.24) is 20.2 Å². The number of hydrogen-bond acceptors (Lipinski definition) is 2. The number of rotatable bonds is 4. The summed E-state index contributed by atoms with van der Waals surface area (Å²) in [5, 5.41) is 6.42. The number of aryl methyl sites for hydroxylation is 1. The minimum absolute atomic E-state index is 0. The van der Waals surface area contributed by atoms with E-state index in [1.807, 2.05) is 25.2 Å². The molecule has 0 amide bonds. The first-order valence-electron chi connectivity index (χ1n) is 6.68. The number of benzene rings is 1. The third kappa shape index (κ3) is 3.84. The molecule has 0 atom stereocenters. The van der Waals surface area contributed by atoms with Gasteiger partial charge in [0.25, 0.3) is 0 Å². The predicted octanol–water partition coefficient (Wildman–Crippen LogP) is 2.27. The second-order valence-electron chi connectivity index (χ2n) is 4.30. The zero-order valence-electron chi connectivity index (χ0n) is 12.2. The maximum Gasteiger partial charge on any atom is 0.191 e. The van der Waals surface area contributed by atoms with Gasteiger partial charge in [0, 0.05) is 20.1 Å². The monoisotopic (exact) mass is 387 g/mol. The molecular formula is C14H22IN5. The summed E-state index contributed by atoms with van der Waals surface area (Å²) in [4.78, 5) is 9.15. The van der Waals surface area contributed by atoms with Crippen LogP contribution >= 0.6 is 24.0 Å². The molecule has 0 bridgehead atoms. The molecule has 1 heterocycles. The van der Waals surface area contributed by atoms with Crippen molar-refractivity contribution in [3.63, 3.8) is 0 Å². The molecule has 0 aliphatic carbocycles. The molecule has 2 aromatic rings. The van der Waals surface area contributed by atoms with Crippen molar-refractivity contribution in [3.05, 3.63) is 30.1 Å². The van der Waals surface area contributed by atoms with Gasteiger partial charge in [-0.25, -0.2) is 9.98 Å². The highest BCUT2D eigenvalue weighted by Crippen LogP contribution is 2.14. The molecule has 1 aromatic carbocycles. The Morgan fingerprint density at radius 3 is 2.45 bits per heavy atom. The molecule has 0 saturated heterocycles. The third-order valence-electron chi connectivity index (χ3n) is 2.95. The lowest BCUT2D eigenvalue weighted by Gasteiger charge is -2.08. The Hall–Kier alpha value is -1.31. The molecule has 0 fully saturated rings. The van der Waals surface area contributed by atoms with Crippen LogP contribution in [-0.4, -0.2) is 28.6 Å². The molecular weight excluding hydrogens is 365 g/mol. The zero-order valence-corrected chi connectivity index (χ0v) is 14.5. The van der Waals surface area contributed by atoms with Crippen LogP contribution in [0.4, 0.5) is 0 Å². The van der Waals surface area contributed by atoms with Crippen molar-refractivity contribution in [2.45, 2.75) is 20.4 Å². The normalized spacial score (nSPS) is 9.95. The predicted molar refractivity (Wildman–Crippen MR) is 94.6 cm³/mol. The molecule has 1 aromatic heterocycles. The van der Waals surface area contributed by atoms with Gasteiger partial charge in [0.15, 0.2) is 5.96 Å². The van der Waals surface area contributed by atoms with Crippen LogP contribution < -0.4 is 10.6 Å². The van der Waals surface area contributed by atoms with Crippen LogP contribution in [0.2, 0.25) is 0 Å². The SMILES string of the molecule is CCNC(=NCc1nc2ccccc2n1C)NCC.I. The summed E-state index contributed by atoms with van der Waals surface area (Å²) in [7, 11) is 2.03. The molecule has 110 valence electrons. The standard InChI is InChI=1S/C14H21N5.HI/c1-4-15-14(16-5-2)17-10-13-18-11-8-6-7-9-12(11)19(13)3;/h6-9H,4-5,10H2,1-3H3,(H2,15,16,17);1H. The number of aromatic nitrogens is 2. The number of fused-ring (bicyclic) bond motifs is 1. The first-order chi connectivity index (χ1) is 9.26. The second kappa shape index (κ2) is 8.08. The minimum Gasteiger partial charge on any atom is -0.357 e. The highest BCUT2D eigenvalue weighted by Gasteiger charge is 2.06. The fourth-order valence-corrected chi connectivity index (χ4v) is 2.00. The number of imidazole rings is 1. The van der Waals surface area contributed by atoms with Crippen molar-refractivity contribution < 1.29 is 0 Å². The Kier molecular flexibility index (Phi) is 6.77. The molecule has 0 spiro atoms. The van der Waals surface area contributed by atoms with Crippen LogP contribution in [0, 0.1) is 0 Å². The number of nitrogens with zero attached hydrogens (tertiary/aromatic N) is 3. The van der Waals surface area contributed by atoms with E-state index in [2.05, 4.69) is 45.1 Å². The van der Waals surface area contributed by atoms with Crippen LogP contribution in [0.5, 0.6) is 0 Å². The van der Waals surface area contributed by atoms with Gasteiger partial charge in [0.1, 0.15) is 12.4 Å². The lowest BCUT2D eigenvalue weighted by molar-refractivity contribution is 0.787. The van der Waals surface area contributed by atoms with E-state index in [9.17, 15) is 0 Å². The Morgan fingerprint density at radius 1 is 1.20 bits per heavy atom. The van der Waals surface area contributed by atoms with Gasteiger partial charge in [0.2, 0.25) is 0 Å². The van der Waals surface area contributed by atoms with Gasteiger partial charge in [0.05, 0.1) is 11.0 Å². The summed E-state index contributed by atoms with van der Waals surface area (Å²) in [6, 6.07) is 8.13. The summed E-state index contributed by atoms with van der Waals surface area (Å²) in [5.41, 5.74) is 2.16. The van der Waals surface area contributed by atoms with Crippen molar-refractivity contribution in [2.75, 3.05) is 13.1 Å². The fraction of sp³-hybridized carbons (Fsp3) is 0.429. The zero-order chi connectivity index (χ0) is 13.7. The van der Waals surface area contributed by atoms with Gasteiger partial charge in [-0.3, -0.25) is 0 Å². The molecule has 5 nitrogen and oxygen atoms in total. The smallest absolute Gasteiger partial charge is 0.191 e. The lowest BCUT2D eigenvalue weighted by Crippen LogP contribution is -2.37. The first kappa shape index (κ1) is 16.7. The molecule has 0 radical (unpaired) electrons. The van der Waals surface area contributed by atoms with Gasteiger partial charge in [-0.15, -0.1) is 24.0 Å². The number of aliphatic imine (C=N–C) groups is 1. The van der Waals surface area contributed by atoms with Gasteiger partial charge < -0.3 is 15.2 Å². The van der Waals surface area contributed by atoms with Crippen LogP contribution in [0.1, 0.15) is 19.7 Å². The van der Waals surface area contributed by atoms with Crippen LogP contribution in [0.25, 0.3) is 11.0 Å². The van der Waals surface area contributed by atoms with E-state index in [-0.39, 0.29) is 24.0 Å². The van der Waals surface area contributed by atoms with Crippen molar-refractivity contribution in [2.24, 2.45) is 12.0 Å². The molecule has 0 saturated carbocycles. The molecule has 2 N–H and O–H groups in total. The Labute approximate surface area is 136 Å². The molecule has 0 aliphatic heterocycles. The molecule has 0 unspecified atom stereocenters. The lowest BCUT2D eigenvalue weighted by atomic mass is 10.3. The summed E-state index contributed by atoms with van der Waals surface area (Å²) >= 11 is 0. The molecule has 20 heavy (non-hydrogen) atoms. The molecule has 0 aliphatic rings. The van der Waals surface area contributed by atoms with E-state index in [0.29, 0.717) is 6.54 Å². The van der Waals surface area contributed by atoms with Crippen LogP contribution in [0.15, 0.2) is 29.3 Å². The third-order valence-corrected chi connectivity index (χ3v) is 2.95. The number of guanidine groups is 1. The Balaban J connectivity index is 0.00000200. The van der Waals surface area contributed by atoms with Gasteiger partial charge in [-0.2, -0.15) is 0 Å². The van der Waals surface area contributed by atoms with Gasteiger partial charge in [-0.05, 0) is 26.0 Å². The fourth-order valence-electron chi connectivity index (χ4n) is 2.00. The average Bonchev–Trinajstić information content (AvgIpc) is 2.74. The van der Waals surface area contributed by atoms with Crippen molar-refractivity contribution >= 4 is 41.0 Å². The summed E-state index contributed by atoms with van der Waals surface area (Å²) < 4.78 is 2.09. The van der Waals surface area contributed by atoms with Crippen molar-refractivity contribution in [3.8, 4) is 0 Å². The number of nitrogens with one attached hydrogen (secondary N) is 2. The van der Waals surface area contributed by atoms with E-state index in [1.165, 1.54) is 0 Å². The average molecular weight is 387 g/mol. The second-order valence-corrected chi connectivity index (χ2v) is 4.30. The minimum atomic E-state index is 0. The Morgan fingerprint density at radius 2 is 1.85 bits per heavy atom. The summed E-state index contributed by atoms with van der Waals surface area (Å²) in [6.07, 6.45) is 0. The largest absolute Gasteiger partial charge is 0.357 e. The van der Waals surface area contributed by atoms with E-state index >= 15 is 0 Å². The van der Waals surface area contributed by atoms with Crippen LogP contribution in [-0.2, 0) is 13.6 Å². The molecule has 2 rings (SSSR count). The number of para-hydroxylation sites is 2. The van der Waals surface area contributed by atoms with Crippen LogP contribution in [0.3, 0.4) is 0 Å². The highest BCUT2D eigenvalue weighted by molar-refractivity contribution is 14.0. The maximum absolute atomic E-state index is 4.60. The van der Waals surface area contributed by atoms with Crippen molar-refractivity contribution in [1.29, 1.82) is 0 Å². The summed E-state index contributed by atoms with van der Waals surface area (Å²) in [6.45, 7) is 6.40. The highest BCUT2D eigenvalue weighted by atomic mass is 127. The Bertz CT molecular complexity index is 568. The summed E-state index contributed by atoms with van der Waals surface area (Å²) in [5.74, 6) is 1.80. The van der Waals surface area contributed by atoms with E-state index in [4.69, 9.17) is 0 Å². The maximum atomic E-state index is 4.60. The van der Waals surface area contributed by atoms with Gasteiger partial charge >= 0.3 is 0 Å². The number of hydrogen-bond donors (Lipinski definition) is 2. The topological polar surface area (TPSA) is 54.2 Å². The molecule has 6 heteroatoms. The number of halogens is 1. The van der Waals surface area contributed by atoms with E-state index in [0.717, 1.165) is 35.9 Å². The van der Waals surface area contributed by atoms with Gasteiger partial charge in [-0.1, -0.05) is 12.1 Å². The van der Waals surface area contributed by atoms with E-state index in [1.54, 1.807) is 0 Å². The quantitative estimate of drug-likeness (QED) is 0.481. The first-order valence-corrected chi connectivity index (χ1v) is 6.68.